The van der Waals surface area contributed by atoms with Crippen molar-refractivity contribution in [3.05, 3.63) is 194 Å². The van der Waals surface area contributed by atoms with Gasteiger partial charge in [0, 0.05) is 43.8 Å². The first-order valence-corrected chi connectivity index (χ1v) is 17.4. The number of benzene rings is 8. The van der Waals surface area contributed by atoms with Crippen LogP contribution in [0, 0.1) is 0 Å². The van der Waals surface area contributed by atoms with Crippen LogP contribution in [0.2, 0.25) is 0 Å². The smallest absolute Gasteiger partial charge is 0.0661 e. The minimum absolute atomic E-state index is 1.10. The first kappa shape index (κ1) is 29.0. The Morgan fingerprint density at radius 1 is 0.347 bits per heavy atom. The first-order chi connectivity index (χ1) is 24.3. The summed E-state index contributed by atoms with van der Waals surface area (Å²) in [5.74, 6) is 0. The zero-order valence-corrected chi connectivity index (χ0v) is 27.6. The molecular formula is C46H32N2S. The van der Waals surface area contributed by atoms with Crippen LogP contribution >= 0.6 is 11.3 Å². The van der Waals surface area contributed by atoms with E-state index in [2.05, 4.69) is 204 Å². The van der Waals surface area contributed by atoms with E-state index >= 15 is 0 Å². The third-order valence-corrected chi connectivity index (χ3v) is 10.4. The summed E-state index contributed by atoms with van der Waals surface area (Å²) in [6.45, 7) is 0. The van der Waals surface area contributed by atoms with Crippen molar-refractivity contribution < 1.29 is 0 Å². The maximum atomic E-state index is 2.46. The lowest BCUT2D eigenvalue weighted by Gasteiger charge is -2.31. The Labute approximate surface area is 290 Å². The highest BCUT2D eigenvalue weighted by Crippen LogP contribution is 2.50. The van der Waals surface area contributed by atoms with Crippen molar-refractivity contribution in [2.75, 3.05) is 9.80 Å². The molecule has 0 N–H and O–H groups in total. The summed E-state index contributed by atoms with van der Waals surface area (Å²) in [5.41, 5.74) is 9.07. The monoisotopic (exact) mass is 644 g/mol. The van der Waals surface area contributed by atoms with Gasteiger partial charge in [0.1, 0.15) is 0 Å². The fraction of sp³-hybridized carbons (Fsp3) is 0. The van der Waals surface area contributed by atoms with Gasteiger partial charge in [-0.3, -0.25) is 0 Å². The summed E-state index contributed by atoms with van der Waals surface area (Å²) in [5, 5.41) is 5.02. The molecule has 0 spiro atoms. The van der Waals surface area contributed by atoms with Gasteiger partial charge in [-0.1, -0.05) is 127 Å². The lowest BCUT2D eigenvalue weighted by Crippen LogP contribution is -2.14. The summed E-state index contributed by atoms with van der Waals surface area (Å²) in [6, 6.07) is 69.8. The van der Waals surface area contributed by atoms with Crippen molar-refractivity contribution >= 4 is 76.4 Å². The highest BCUT2D eigenvalue weighted by molar-refractivity contribution is 7.26. The number of anilines is 6. The molecule has 1 heterocycles. The zero-order valence-electron chi connectivity index (χ0n) is 26.8. The average Bonchev–Trinajstić information content (AvgIpc) is 3.53. The Balaban J connectivity index is 1.40. The Morgan fingerprint density at radius 3 is 1.49 bits per heavy atom. The van der Waals surface area contributed by atoms with Gasteiger partial charge in [0.05, 0.1) is 16.1 Å². The van der Waals surface area contributed by atoms with Gasteiger partial charge < -0.3 is 9.80 Å². The molecule has 8 aromatic carbocycles. The van der Waals surface area contributed by atoms with Crippen molar-refractivity contribution in [2.45, 2.75) is 0 Å². The van der Waals surface area contributed by atoms with Crippen LogP contribution in [0.5, 0.6) is 0 Å². The average molecular weight is 645 g/mol. The van der Waals surface area contributed by atoms with E-state index in [-0.39, 0.29) is 0 Å². The van der Waals surface area contributed by atoms with E-state index in [1.54, 1.807) is 0 Å². The Bertz CT molecular complexity index is 2500. The van der Waals surface area contributed by atoms with Gasteiger partial charge in [0.2, 0.25) is 0 Å². The zero-order chi connectivity index (χ0) is 32.6. The van der Waals surface area contributed by atoms with Gasteiger partial charge >= 0.3 is 0 Å². The molecule has 0 radical (unpaired) electrons. The summed E-state index contributed by atoms with van der Waals surface area (Å²) < 4.78 is 2.53. The van der Waals surface area contributed by atoms with Crippen LogP contribution in [0.4, 0.5) is 34.1 Å². The molecular weight excluding hydrogens is 613 g/mol. The van der Waals surface area contributed by atoms with Gasteiger partial charge in [0.25, 0.3) is 0 Å². The molecule has 0 unspecified atom stereocenters. The van der Waals surface area contributed by atoms with E-state index < -0.39 is 0 Å². The van der Waals surface area contributed by atoms with Crippen LogP contribution in [-0.4, -0.2) is 0 Å². The fourth-order valence-corrected chi connectivity index (χ4v) is 8.16. The van der Waals surface area contributed by atoms with E-state index in [9.17, 15) is 0 Å². The van der Waals surface area contributed by atoms with Crippen LogP contribution < -0.4 is 9.80 Å². The molecule has 2 nitrogen and oxygen atoms in total. The summed E-state index contributed by atoms with van der Waals surface area (Å²) in [7, 11) is 0. The molecule has 9 aromatic rings. The predicted octanol–water partition coefficient (Wildman–Crippen LogP) is 13.8. The van der Waals surface area contributed by atoms with E-state index in [1.807, 2.05) is 11.3 Å². The van der Waals surface area contributed by atoms with Crippen molar-refractivity contribution in [2.24, 2.45) is 0 Å². The number of hydrogen-bond donors (Lipinski definition) is 0. The number of nitrogens with zero attached hydrogens (tertiary/aromatic N) is 2. The van der Waals surface area contributed by atoms with E-state index in [4.69, 9.17) is 0 Å². The molecule has 0 aliphatic carbocycles. The fourth-order valence-electron chi connectivity index (χ4n) is 6.94. The number of thiophene rings is 1. The molecule has 0 aliphatic heterocycles. The van der Waals surface area contributed by atoms with Gasteiger partial charge in [0.15, 0.2) is 0 Å². The third kappa shape index (κ3) is 5.31. The van der Waals surface area contributed by atoms with Crippen LogP contribution in [0.1, 0.15) is 0 Å². The lowest BCUT2D eigenvalue weighted by molar-refractivity contribution is 1.26. The number of hydrogen-bond acceptors (Lipinski definition) is 3. The normalized spacial score (nSPS) is 11.3. The van der Waals surface area contributed by atoms with Crippen LogP contribution in [0.15, 0.2) is 194 Å². The molecule has 0 aliphatic rings. The summed E-state index contributed by atoms with van der Waals surface area (Å²) >= 11 is 1.87. The summed E-state index contributed by atoms with van der Waals surface area (Å²) in [4.78, 5) is 4.83. The van der Waals surface area contributed by atoms with Crippen LogP contribution in [0.3, 0.4) is 0 Å². The standard InChI is InChI=1S/C46H32N2S/c1-5-17-33(18-6-1)40-27-15-16-28-43(40)48(38-25-11-4-12-26-38)44-32-39(47(36-21-7-2-8-22-36)37-23-9-3-10-24-37)31-42-41-29-34-19-13-14-20-35(34)30-45(41)49-46(42)44/h1-32H. The number of para-hydroxylation sites is 4. The SMILES string of the molecule is c1ccc(-c2ccccc2N(c2ccccc2)c2cc(N(c3ccccc3)c3ccccc3)cc3c2sc2cc4ccccc4cc23)cc1. The predicted molar refractivity (Wildman–Crippen MR) is 212 cm³/mol. The minimum Gasteiger partial charge on any atom is -0.310 e. The number of rotatable bonds is 7. The second-order valence-corrected chi connectivity index (χ2v) is 13.3. The third-order valence-electron chi connectivity index (χ3n) is 9.18. The van der Waals surface area contributed by atoms with Crippen molar-refractivity contribution in [1.29, 1.82) is 0 Å². The van der Waals surface area contributed by atoms with Gasteiger partial charge in [-0.05, 0) is 83.1 Å². The molecule has 1 aromatic heterocycles. The minimum atomic E-state index is 1.10. The molecule has 3 heteroatoms. The van der Waals surface area contributed by atoms with Crippen molar-refractivity contribution in [3.8, 4) is 11.1 Å². The van der Waals surface area contributed by atoms with Crippen molar-refractivity contribution in [3.63, 3.8) is 0 Å². The Kier molecular flexibility index (Phi) is 7.38. The van der Waals surface area contributed by atoms with E-state index in [0.29, 0.717) is 0 Å². The van der Waals surface area contributed by atoms with Crippen LogP contribution in [0.25, 0.3) is 42.1 Å². The second kappa shape index (κ2) is 12.5. The van der Waals surface area contributed by atoms with Crippen LogP contribution in [-0.2, 0) is 0 Å². The van der Waals surface area contributed by atoms with Gasteiger partial charge in [-0.15, -0.1) is 11.3 Å². The molecule has 0 saturated heterocycles. The molecule has 0 amide bonds. The molecule has 232 valence electrons. The molecule has 0 fully saturated rings. The second-order valence-electron chi connectivity index (χ2n) is 12.2. The van der Waals surface area contributed by atoms with Crippen molar-refractivity contribution in [1.82, 2.24) is 0 Å². The summed E-state index contributed by atoms with van der Waals surface area (Å²) in [6.07, 6.45) is 0. The maximum Gasteiger partial charge on any atom is 0.0661 e. The van der Waals surface area contributed by atoms with E-state index in [0.717, 1.165) is 34.1 Å². The number of fused-ring (bicyclic) bond motifs is 4. The topological polar surface area (TPSA) is 6.48 Å². The van der Waals surface area contributed by atoms with E-state index in [1.165, 1.54) is 42.1 Å². The molecule has 0 bridgehead atoms. The quantitative estimate of drug-likeness (QED) is 0.170. The Hall–Kier alpha value is -6.16. The van der Waals surface area contributed by atoms with Gasteiger partial charge in [-0.2, -0.15) is 0 Å². The molecule has 9 rings (SSSR count). The molecule has 0 atom stereocenters. The maximum absolute atomic E-state index is 2.46. The lowest BCUT2D eigenvalue weighted by atomic mass is 10.0. The highest BCUT2D eigenvalue weighted by atomic mass is 32.1. The van der Waals surface area contributed by atoms with Gasteiger partial charge in [-0.25, -0.2) is 0 Å². The molecule has 49 heavy (non-hydrogen) atoms. The highest BCUT2D eigenvalue weighted by Gasteiger charge is 2.24. The molecule has 0 saturated carbocycles. The Morgan fingerprint density at radius 2 is 0.857 bits per heavy atom. The largest absolute Gasteiger partial charge is 0.310 e. The first-order valence-electron chi connectivity index (χ1n) is 16.6.